The molecule has 3 rings (SSSR count). The van der Waals surface area contributed by atoms with Gasteiger partial charge < -0.3 is 14.8 Å². The van der Waals surface area contributed by atoms with E-state index in [4.69, 9.17) is 9.47 Å². The van der Waals surface area contributed by atoms with E-state index in [1.54, 1.807) is 24.3 Å². The summed E-state index contributed by atoms with van der Waals surface area (Å²) in [5.41, 5.74) is 0.717. The first-order valence-electron chi connectivity index (χ1n) is 9.12. The monoisotopic (exact) mass is 404 g/mol. The van der Waals surface area contributed by atoms with Crippen LogP contribution < -0.4 is 19.5 Å². The number of benzene rings is 2. The summed E-state index contributed by atoms with van der Waals surface area (Å²) in [5, 5.41) is 2.57. The summed E-state index contributed by atoms with van der Waals surface area (Å²) in [5.74, 6) is 0.786. The highest BCUT2D eigenvalue weighted by Crippen LogP contribution is 2.29. The molecule has 0 unspecified atom stereocenters. The van der Waals surface area contributed by atoms with Gasteiger partial charge in [-0.3, -0.25) is 9.52 Å². The van der Waals surface area contributed by atoms with E-state index in [-0.39, 0.29) is 22.6 Å². The van der Waals surface area contributed by atoms with E-state index in [9.17, 15) is 13.2 Å². The molecule has 0 saturated heterocycles. The van der Waals surface area contributed by atoms with Crippen molar-refractivity contribution in [3.8, 4) is 11.5 Å². The molecule has 1 aliphatic carbocycles. The number of carbonyl (C=O) groups is 1. The standard InChI is InChI=1S/C20H24N2O5S/c1-14(23)21-19-13-18(11-12-20(19)26-2)28(24,25)22-15-7-9-17(10-8-15)27-16-5-3-4-6-16/h7-13,16,22H,3-6H2,1-2H3,(H,21,23). The van der Waals surface area contributed by atoms with Gasteiger partial charge in [0.05, 0.1) is 23.8 Å². The van der Waals surface area contributed by atoms with Gasteiger partial charge in [0.1, 0.15) is 11.5 Å². The molecule has 1 saturated carbocycles. The van der Waals surface area contributed by atoms with Crippen molar-refractivity contribution in [1.82, 2.24) is 0 Å². The highest BCUT2D eigenvalue weighted by molar-refractivity contribution is 7.92. The molecule has 0 atom stereocenters. The van der Waals surface area contributed by atoms with Crippen LogP contribution in [0.25, 0.3) is 0 Å². The lowest BCUT2D eigenvalue weighted by molar-refractivity contribution is -0.114. The van der Waals surface area contributed by atoms with E-state index in [0.717, 1.165) is 18.6 Å². The minimum Gasteiger partial charge on any atom is -0.495 e. The molecule has 2 aromatic carbocycles. The fraction of sp³-hybridized carbons (Fsp3) is 0.350. The Labute approximate surface area is 165 Å². The van der Waals surface area contributed by atoms with Crippen LogP contribution in [0.15, 0.2) is 47.4 Å². The van der Waals surface area contributed by atoms with Crippen LogP contribution in [0.4, 0.5) is 11.4 Å². The Kier molecular flexibility index (Phi) is 6.08. The largest absolute Gasteiger partial charge is 0.495 e. The summed E-state index contributed by atoms with van der Waals surface area (Å²) in [6.07, 6.45) is 4.73. The van der Waals surface area contributed by atoms with E-state index in [0.29, 0.717) is 11.4 Å². The molecule has 150 valence electrons. The molecule has 1 amide bonds. The molecule has 0 bridgehead atoms. The van der Waals surface area contributed by atoms with Crippen molar-refractivity contribution in [2.24, 2.45) is 0 Å². The highest BCUT2D eigenvalue weighted by atomic mass is 32.2. The minimum atomic E-state index is -3.83. The predicted molar refractivity (Wildman–Crippen MR) is 107 cm³/mol. The predicted octanol–water partition coefficient (Wildman–Crippen LogP) is 3.78. The molecule has 1 aliphatic rings. The van der Waals surface area contributed by atoms with Crippen molar-refractivity contribution < 1.29 is 22.7 Å². The number of methoxy groups -OCH3 is 1. The lowest BCUT2D eigenvalue weighted by atomic mass is 10.3. The van der Waals surface area contributed by atoms with E-state index < -0.39 is 10.0 Å². The fourth-order valence-electron chi connectivity index (χ4n) is 3.16. The number of nitrogens with one attached hydrogen (secondary N) is 2. The Morgan fingerprint density at radius 2 is 1.75 bits per heavy atom. The van der Waals surface area contributed by atoms with Gasteiger partial charge in [0.25, 0.3) is 10.0 Å². The van der Waals surface area contributed by atoms with E-state index in [2.05, 4.69) is 10.0 Å². The van der Waals surface area contributed by atoms with Crippen LogP contribution in [0.3, 0.4) is 0 Å². The zero-order valence-electron chi connectivity index (χ0n) is 15.9. The molecule has 2 aromatic rings. The third kappa shape index (κ3) is 4.95. The first-order valence-corrected chi connectivity index (χ1v) is 10.6. The molecule has 0 heterocycles. The molecule has 0 radical (unpaired) electrons. The lowest BCUT2D eigenvalue weighted by Crippen LogP contribution is -2.14. The summed E-state index contributed by atoms with van der Waals surface area (Å²) >= 11 is 0. The smallest absolute Gasteiger partial charge is 0.261 e. The molecule has 28 heavy (non-hydrogen) atoms. The molecule has 0 aromatic heterocycles. The average Bonchev–Trinajstić information content (AvgIpc) is 3.15. The Balaban J connectivity index is 1.74. The van der Waals surface area contributed by atoms with Gasteiger partial charge in [-0.1, -0.05) is 0 Å². The maximum atomic E-state index is 12.7. The third-order valence-corrected chi connectivity index (χ3v) is 5.88. The first-order chi connectivity index (χ1) is 13.4. The van der Waals surface area contributed by atoms with Gasteiger partial charge in [-0.25, -0.2) is 8.42 Å². The number of ether oxygens (including phenoxy) is 2. The number of hydrogen-bond donors (Lipinski definition) is 2. The van der Waals surface area contributed by atoms with Gasteiger partial charge >= 0.3 is 0 Å². The van der Waals surface area contributed by atoms with Crippen LogP contribution in [-0.4, -0.2) is 27.5 Å². The Hall–Kier alpha value is -2.74. The topological polar surface area (TPSA) is 93.7 Å². The second-order valence-corrected chi connectivity index (χ2v) is 8.38. The van der Waals surface area contributed by atoms with Crippen molar-refractivity contribution in [1.29, 1.82) is 0 Å². The molecule has 1 fully saturated rings. The van der Waals surface area contributed by atoms with Gasteiger partial charge in [-0.2, -0.15) is 0 Å². The summed E-state index contributed by atoms with van der Waals surface area (Å²) in [6, 6.07) is 11.1. The third-order valence-electron chi connectivity index (χ3n) is 4.50. The summed E-state index contributed by atoms with van der Waals surface area (Å²) in [7, 11) is -2.38. The second-order valence-electron chi connectivity index (χ2n) is 6.70. The Morgan fingerprint density at radius 3 is 2.36 bits per heavy atom. The number of carbonyl (C=O) groups excluding carboxylic acids is 1. The van der Waals surface area contributed by atoms with Crippen molar-refractivity contribution in [3.63, 3.8) is 0 Å². The number of sulfonamides is 1. The molecule has 7 nitrogen and oxygen atoms in total. The summed E-state index contributed by atoms with van der Waals surface area (Å²) in [6.45, 7) is 1.34. The number of anilines is 2. The first kappa shape index (κ1) is 20.0. The molecule has 8 heteroatoms. The highest BCUT2D eigenvalue weighted by Gasteiger charge is 2.19. The minimum absolute atomic E-state index is 0.0170. The zero-order valence-corrected chi connectivity index (χ0v) is 16.7. The van der Waals surface area contributed by atoms with Crippen molar-refractivity contribution >= 4 is 27.3 Å². The number of rotatable bonds is 7. The van der Waals surface area contributed by atoms with Crippen LogP contribution in [0.1, 0.15) is 32.6 Å². The maximum Gasteiger partial charge on any atom is 0.261 e. The SMILES string of the molecule is COc1ccc(S(=O)(=O)Nc2ccc(OC3CCCC3)cc2)cc1NC(C)=O. The van der Waals surface area contributed by atoms with Crippen LogP contribution in [0.2, 0.25) is 0 Å². The van der Waals surface area contributed by atoms with Crippen LogP contribution in [0, 0.1) is 0 Å². The second kappa shape index (κ2) is 8.52. The lowest BCUT2D eigenvalue weighted by Gasteiger charge is -2.14. The van der Waals surface area contributed by atoms with E-state index in [1.165, 1.54) is 45.1 Å². The molecule has 2 N–H and O–H groups in total. The Bertz CT molecular complexity index is 936. The number of hydrogen-bond acceptors (Lipinski definition) is 5. The van der Waals surface area contributed by atoms with Crippen molar-refractivity contribution in [3.05, 3.63) is 42.5 Å². The van der Waals surface area contributed by atoms with E-state index >= 15 is 0 Å². The van der Waals surface area contributed by atoms with Crippen molar-refractivity contribution in [2.45, 2.75) is 43.6 Å². The fourth-order valence-corrected chi connectivity index (χ4v) is 4.24. The van der Waals surface area contributed by atoms with E-state index in [1.807, 2.05) is 0 Å². The van der Waals surface area contributed by atoms with Gasteiger partial charge in [0, 0.05) is 12.6 Å². The zero-order chi connectivity index (χ0) is 20.1. The maximum absolute atomic E-state index is 12.7. The van der Waals surface area contributed by atoms with Gasteiger partial charge in [-0.05, 0) is 68.1 Å². The van der Waals surface area contributed by atoms with Crippen LogP contribution in [0.5, 0.6) is 11.5 Å². The van der Waals surface area contributed by atoms with Gasteiger partial charge in [0.15, 0.2) is 0 Å². The van der Waals surface area contributed by atoms with Crippen molar-refractivity contribution in [2.75, 3.05) is 17.1 Å². The number of amides is 1. The normalized spacial score (nSPS) is 14.5. The van der Waals surface area contributed by atoms with Gasteiger partial charge in [0.2, 0.25) is 5.91 Å². The molecular formula is C20H24N2O5S. The summed E-state index contributed by atoms with van der Waals surface area (Å²) < 4.78 is 39.0. The molecule has 0 spiro atoms. The molecular weight excluding hydrogens is 380 g/mol. The average molecular weight is 404 g/mol. The Morgan fingerprint density at radius 1 is 1.07 bits per heavy atom. The van der Waals surface area contributed by atoms with Gasteiger partial charge in [-0.15, -0.1) is 0 Å². The quantitative estimate of drug-likeness (QED) is 0.733. The summed E-state index contributed by atoms with van der Waals surface area (Å²) in [4.78, 5) is 11.4. The van der Waals surface area contributed by atoms with Crippen LogP contribution in [-0.2, 0) is 14.8 Å². The molecule has 0 aliphatic heterocycles. The van der Waals surface area contributed by atoms with Crippen LogP contribution >= 0.6 is 0 Å².